The van der Waals surface area contributed by atoms with Gasteiger partial charge in [-0.05, 0) is 24.0 Å². The summed E-state index contributed by atoms with van der Waals surface area (Å²) < 4.78 is 0. The minimum atomic E-state index is -0.341. The summed E-state index contributed by atoms with van der Waals surface area (Å²) in [6, 6.07) is 7.33. The Morgan fingerprint density at radius 1 is 1.43 bits per heavy atom. The van der Waals surface area contributed by atoms with Gasteiger partial charge in [0.1, 0.15) is 11.4 Å². The Morgan fingerprint density at radius 3 is 2.95 bits per heavy atom. The van der Waals surface area contributed by atoms with Gasteiger partial charge in [0.25, 0.3) is 5.91 Å². The molecule has 3 rings (SSSR count). The van der Waals surface area contributed by atoms with Crippen molar-refractivity contribution in [2.75, 3.05) is 12.3 Å². The molecule has 0 saturated carbocycles. The van der Waals surface area contributed by atoms with Crippen LogP contribution in [0.4, 0.5) is 0 Å². The highest BCUT2D eigenvalue weighted by molar-refractivity contribution is 7.99. The second-order valence-corrected chi connectivity index (χ2v) is 7.09. The lowest BCUT2D eigenvalue weighted by atomic mass is 10.1. The number of hydrogen-bond donors (Lipinski definition) is 1. The normalized spacial score (nSPS) is 23.4. The Morgan fingerprint density at radius 2 is 2.19 bits per heavy atom. The van der Waals surface area contributed by atoms with E-state index in [1.165, 1.54) is 0 Å². The fourth-order valence-electron chi connectivity index (χ4n) is 2.84. The second kappa shape index (κ2) is 5.72. The van der Waals surface area contributed by atoms with E-state index in [9.17, 15) is 9.59 Å². The molecule has 0 aromatic heterocycles. The van der Waals surface area contributed by atoms with Gasteiger partial charge in [-0.1, -0.05) is 32.0 Å². The van der Waals surface area contributed by atoms with Crippen LogP contribution < -0.4 is 5.32 Å². The monoisotopic (exact) mass is 304 g/mol. The van der Waals surface area contributed by atoms with Crippen LogP contribution in [-0.4, -0.2) is 35.1 Å². The molecule has 2 aliphatic heterocycles. The van der Waals surface area contributed by atoms with Crippen LogP contribution in [0.2, 0.25) is 0 Å². The van der Waals surface area contributed by atoms with E-state index in [0.29, 0.717) is 18.2 Å². The molecule has 5 heteroatoms. The molecule has 1 N–H and O–H groups in total. The van der Waals surface area contributed by atoms with Crippen LogP contribution in [0.5, 0.6) is 0 Å². The molecule has 2 heterocycles. The number of nitrogens with zero attached hydrogens (tertiary/aromatic N) is 1. The predicted molar refractivity (Wildman–Crippen MR) is 84.1 cm³/mol. The summed E-state index contributed by atoms with van der Waals surface area (Å²) >= 11 is 1.68. The summed E-state index contributed by atoms with van der Waals surface area (Å²) in [7, 11) is 0. The first-order valence-corrected chi connectivity index (χ1v) is 8.45. The number of hydrogen-bond acceptors (Lipinski definition) is 3. The van der Waals surface area contributed by atoms with Gasteiger partial charge >= 0.3 is 0 Å². The highest BCUT2D eigenvalue weighted by Crippen LogP contribution is 2.47. The molecule has 0 radical (unpaired) electrons. The minimum Gasteiger partial charge on any atom is -0.354 e. The van der Waals surface area contributed by atoms with Crippen molar-refractivity contribution in [3.05, 3.63) is 35.4 Å². The smallest absolute Gasteiger partial charge is 0.256 e. The summed E-state index contributed by atoms with van der Waals surface area (Å²) in [6.45, 7) is 4.94. The SMILES string of the molecule is CC(C)CCNC(=O)[C@@H]1CSC2c3ccccc3C(=O)N21. The zero-order valence-electron chi connectivity index (χ0n) is 12.3. The lowest BCUT2D eigenvalue weighted by molar-refractivity contribution is -0.124. The van der Waals surface area contributed by atoms with Gasteiger partial charge in [0, 0.05) is 17.9 Å². The number of carbonyl (C=O) groups is 2. The second-order valence-electron chi connectivity index (χ2n) is 5.97. The number of nitrogens with one attached hydrogen (secondary N) is 1. The molecule has 1 fully saturated rings. The van der Waals surface area contributed by atoms with E-state index in [2.05, 4.69) is 19.2 Å². The minimum absolute atomic E-state index is 0.00884. The highest BCUT2D eigenvalue weighted by Gasteiger charge is 2.48. The van der Waals surface area contributed by atoms with Crippen molar-refractivity contribution in [3.63, 3.8) is 0 Å². The summed E-state index contributed by atoms with van der Waals surface area (Å²) in [5.74, 6) is 1.21. The Balaban J connectivity index is 1.71. The topological polar surface area (TPSA) is 49.4 Å². The third-order valence-electron chi connectivity index (χ3n) is 4.02. The zero-order valence-corrected chi connectivity index (χ0v) is 13.2. The van der Waals surface area contributed by atoms with E-state index in [1.54, 1.807) is 16.7 Å². The number of carbonyl (C=O) groups excluding carboxylic acids is 2. The van der Waals surface area contributed by atoms with Gasteiger partial charge in [0.2, 0.25) is 5.91 Å². The number of fused-ring (bicyclic) bond motifs is 3. The molecule has 2 amide bonds. The van der Waals surface area contributed by atoms with E-state index >= 15 is 0 Å². The number of rotatable bonds is 4. The Kier molecular flexibility index (Phi) is 3.93. The Hall–Kier alpha value is -1.49. The maximum absolute atomic E-state index is 12.5. The van der Waals surface area contributed by atoms with Crippen molar-refractivity contribution in [1.29, 1.82) is 0 Å². The van der Waals surface area contributed by atoms with Crippen LogP contribution in [0.15, 0.2) is 24.3 Å². The molecule has 0 aliphatic carbocycles. The van der Waals surface area contributed by atoms with Crippen molar-refractivity contribution in [3.8, 4) is 0 Å². The Bertz CT molecular complexity index is 573. The average molecular weight is 304 g/mol. The van der Waals surface area contributed by atoms with Crippen LogP contribution in [0.25, 0.3) is 0 Å². The highest BCUT2D eigenvalue weighted by atomic mass is 32.2. The quantitative estimate of drug-likeness (QED) is 0.929. The maximum Gasteiger partial charge on any atom is 0.256 e. The standard InChI is InChI=1S/C16H20N2O2S/c1-10(2)7-8-17-14(19)13-9-21-16-12-6-4-3-5-11(12)15(20)18(13)16/h3-6,10,13,16H,7-9H2,1-2H3,(H,17,19)/t13-,16?/m0/s1. The van der Waals surface area contributed by atoms with Gasteiger partial charge < -0.3 is 10.2 Å². The van der Waals surface area contributed by atoms with Crippen molar-refractivity contribution in [1.82, 2.24) is 10.2 Å². The van der Waals surface area contributed by atoms with Crippen LogP contribution in [0.1, 0.15) is 41.6 Å². The van der Waals surface area contributed by atoms with E-state index in [-0.39, 0.29) is 23.2 Å². The Labute approximate surface area is 129 Å². The van der Waals surface area contributed by atoms with Gasteiger partial charge in [0.05, 0.1) is 0 Å². The fourth-order valence-corrected chi connectivity index (χ4v) is 4.31. The fraction of sp³-hybridized carbons (Fsp3) is 0.500. The van der Waals surface area contributed by atoms with Gasteiger partial charge in [-0.25, -0.2) is 0 Å². The molecule has 1 aromatic carbocycles. The van der Waals surface area contributed by atoms with Crippen molar-refractivity contribution in [2.45, 2.75) is 31.7 Å². The van der Waals surface area contributed by atoms with E-state index in [4.69, 9.17) is 0 Å². The zero-order chi connectivity index (χ0) is 15.0. The van der Waals surface area contributed by atoms with E-state index in [1.807, 2.05) is 24.3 Å². The predicted octanol–water partition coefficient (Wildman–Crippen LogP) is 2.42. The molecule has 21 heavy (non-hydrogen) atoms. The molecule has 1 unspecified atom stereocenters. The summed E-state index contributed by atoms with van der Waals surface area (Å²) in [4.78, 5) is 26.6. The third-order valence-corrected chi connectivity index (χ3v) is 5.32. The van der Waals surface area contributed by atoms with Crippen molar-refractivity contribution < 1.29 is 9.59 Å². The first-order chi connectivity index (χ1) is 10.1. The molecule has 112 valence electrons. The summed E-state index contributed by atoms with van der Waals surface area (Å²) in [5.41, 5.74) is 1.79. The number of benzene rings is 1. The molecule has 0 bridgehead atoms. The van der Waals surface area contributed by atoms with Crippen molar-refractivity contribution in [2.24, 2.45) is 5.92 Å². The number of amides is 2. The average Bonchev–Trinajstić information content (AvgIpc) is 3.00. The van der Waals surface area contributed by atoms with Gasteiger partial charge in [-0.3, -0.25) is 9.59 Å². The van der Waals surface area contributed by atoms with Crippen LogP contribution in [-0.2, 0) is 4.79 Å². The molecule has 1 aromatic rings. The molecular formula is C16H20N2O2S. The third kappa shape index (κ3) is 2.55. The number of thioether (sulfide) groups is 1. The first kappa shape index (κ1) is 14.4. The molecule has 2 atom stereocenters. The molecule has 4 nitrogen and oxygen atoms in total. The summed E-state index contributed by atoms with van der Waals surface area (Å²) in [6.07, 6.45) is 0.962. The van der Waals surface area contributed by atoms with E-state index in [0.717, 1.165) is 17.5 Å². The maximum atomic E-state index is 12.5. The lowest BCUT2D eigenvalue weighted by Gasteiger charge is -2.22. The molecule has 2 aliphatic rings. The molecular weight excluding hydrogens is 284 g/mol. The van der Waals surface area contributed by atoms with E-state index < -0.39 is 0 Å². The molecule has 1 saturated heterocycles. The van der Waals surface area contributed by atoms with Gasteiger partial charge in [-0.15, -0.1) is 11.8 Å². The van der Waals surface area contributed by atoms with Crippen LogP contribution in [0.3, 0.4) is 0 Å². The van der Waals surface area contributed by atoms with Gasteiger partial charge in [0.15, 0.2) is 0 Å². The first-order valence-electron chi connectivity index (χ1n) is 7.40. The molecule has 0 spiro atoms. The lowest BCUT2D eigenvalue weighted by Crippen LogP contribution is -2.46. The van der Waals surface area contributed by atoms with Crippen LogP contribution >= 0.6 is 11.8 Å². The van der Waals surface area contributed by atoms with Gasteiger partial charge in [-0.2, -0.15) is 0 Å². The largest absolute Gasteiger partial charge is 0.354 e. The van der Waals surface area contributed by atoms with Crippen molar-refractivity contribution >= 4 is 23.6 Å². The van der Waals surface area contributed by atoms with Crippen LogP contribution in [0, 0.1) is 5.92 Å². The summed E-state index contributed by atoms with van der Waals surface area (Å²) in [5, 5.41) is 2.98.